The van der Waals surface area contributed by atoms with Gasteiger partial charge in [-0.3, -0.25) is 5.43 Å². The molecule has 0 saturated carbocycles. The predicted octanol–water partition coefficient (Wildman–Crippen LogP) is 7.97. The number of nitrogens with one attached hydrogen (secondary N) is 2. The van der Waals surface area contributed by atoms with E-state index in [4.69, 9.17) is 23.7 Å². The lowest BCUT2D eigenvalue weighted by Crippen LogP contribution is -2.57. The van der Waals surface area contributed by atoms with Gasteiger partial charge in [0.15, 0.2) is 29.7 Å². The van der Waals surface area contributed by atoms with E-state index >= 15 is 0 Å². The number of rotatable bonds is 14. The first-order valence-corrected chi connectivity index (χ1v) is 19.9. The molecule has 0 atom stereocenters. The number of hydrazine groups is 2. The lowest BCUT2D eigenvalue weighted by atomic mass is 9.77. The first-order valence-electron chi connectivity index (χ1n) is 19.9. The van der Waals surface area contributed by atoms with Gasteiger partial charge in [-0.1, -0.05) is 152 Å². The predicted molar refractivity (Wildman–Crippen MR) is 227 cm³/mol. The number of carbonyl (C=O) groups excluding carboxylic acids is 1. The first-order chi connectivity index (χ1) is 29.1. The van der Waals surface area contributed by atoms with Crippen LogP contribution in [0.4, 0.5) is 0 Å². The molecule has 0 unspecified atom stereocenters. The number of carbonyl (C=O) groups is 1. The van der Waals surface area contributed by atoms with Gasteiger partial charge in [0.25, 0.3) is 0 Å². The largest absolute Gasteiger partial charge is 0.519 e. The molecule has 12 nitrogen and oxygen atoms in total. The van der Waals surface area contributed by atoms with E-state index in [1.54, 1.807) is 25.3 Å². The van der Waals surface area contributed by atoms with Crippen LogP contribution in [0, 0.1) is 6.92 Å². The third-order valence-electron chi connectivity index (χ3n) is 10.6. The second-order valence-corrected chi connectivity index (χ2v) is 15.2. The first kappa shape index (κ1) is 39.8. The number of aryl methyl sites for hydroxylation is 2. The van der Waals surface area contributed by atoms with Gasteiger partial charge in [-0.15, -0.1) is 5.10 Å². The van der Waals surface area contributed by atoms with Gasteiger partial charge in [-0.25, -0.2) is 20.1 Å². The fourth-order valence-corrected chi connectivity index (χ4v) is 7.80. The highest BCUT2D eigenvalue weighted by Gasteiger charge is 2.45. The lowest BCUT2D eigenvalue weighted by molar-refractivity contribution is 0.0395. The van der Waals surface area contributed by atoms with Gasteiger partial charge in [0.1, 0.15) is 22.7 Å². The van der Waals surface area contributed by atoms with Gasteiger partial charge in [0, 0.05) is 18.5 Å². The summed E-state index contributed by atoms with van der Waals surface area (Å²) >= 11 is 0. The van der Waals surface area contributed by atoms with Crippen LogP contribution in [-0.2, 0) is 35.4 Å². The molecule has 3 heterocycles. The Morgan fingerprint density at radius 3 is 1.88 bits per heavy atom. The number of esters is 1. The maximum atomic E-state index is 13.8. The number of amidine groups is 1. The van der Waals surface area contributed by atoms with Crippen molar-refractivity contribution in [1.29, 1.82) is 0 Å². The van der Waals surface area contributed by atoms with Crippen molar-refractivity contribution < 1.29 is 23.5 Å². The highest BCUT2D eigenvalue weighted by molar-refractivity contribution is 6.04. The van der Waals surface area contributed by atoms with E-state index in [-0.39, 0.29) is 36.1 Å². The summed E-state index contributed by atoms with van der Waals surface area (Å²) in [7, 11) is 0. The zero-order valence-electron chi connectivity index (χ0n) is 33.9. The van der Waals surface area contributed by atoms with Crippen LogP contribution in [0.1, 0.15) is 88.5 Å². The second-order valence-electron chi connectivity index (χ2n) is 15.2. The third kappa shape index (κ3) is 7.66. The van der Waals surface area contributed by atoms with Crippen LogP contribution in [0.5, 0.6) is 0 Å². The number of aliphatic hydroxyl groups is 1. The van der Waals surface area contributed by atoms with Crippen molar-refractivity contribution in [2.75, 3.05) is 0 Å². The van der Waals surface area contributed by atoms with Crippen molar-refractivity contribution in [3.63, 3.8) is 0 Å². The maximum absolute atomic E-state index is 13.8. The Hall–Kier alpha value is -7.02. The van der Waals surface area contributed by atoms with E-state index < -0.39 is 22.9 Å². The standard InChI is InChI=1S/C48H46N6O6/c1-5-17-41-49-43(47(3,4)57)42(45(55)58-31-40-32(2)59-46(56)60-40)53(41)30-33-26-28-34(29-27-33)38-24-15-16-25-39(38)44-50-52-54(51-44)48(35-18-9-6-10-19-35,36-20-11-7-12-21-36)37-22-13-8-14-23-37/h6-16,18-29,52,57H,5,17,30-31H2,1-4H3,(H,50,51). The molecule has 60 heavy (non-hydrogen) atoms. The Balaban J connectivity index is 1.10. The minimum absolute atomic E-state index is 0.110. The van der Waals surface area contributed by atoms with Crippen molar-refractivity contribution in [2.24, 2.45) is 5.10 Å². The summed E-state index contributed by atoms with van der Waals surface area (Å²) in [5.74, 6) is 0.0394. The molecular weight excluding hydrogens is 757 g/mol. The molecule has 7 aromatic rings. The van der Waals surface area contributed by atoms with E-state index in [9.17, 15) is 14.7 Å². The monoisotopic (exact) mass is 802 g/mol. The lowest BCUT2D eigenvalue weighted by Gasteiger charge is -2.42. The summed E-state index contributed by atoms with van der Waals surface area (Å²) in [5.41, 5.74) is 11.9. The molecule has 0 aliphatic carbocycles. The summed E-state index contributed by atoms with van der Waals surface area (Å²) in [6.07, 6.45) is 1.33. The molecular formula is C48H46N6O6. The van der Waals surface area contributed by atoms with Crippen molar-refractivity contribution in [3.05, 3.63) is 207 Å². The van der Waals surface area contributed by atoms with Gasteiger partial charge < -0.3 is 23.2 Å². The second kappa shape index (κ2) is 16.7. The highest BCUT2D eigenvalue weighted by atomic mass is 16.6. The van der Waals surface area contributed by atoms with Gasteiger partial charge in [0.2, 0.25) is 0 Å². The van der Waals surface area contributed by atoms with Gasteiger partial charge in [-0.05, 0) is 60.6 Å². The van der Waals surface area contributed by atoms with Crippen molar-refractivity contribution in [3.8, 4) is 11.1 Å². The van der Waals surface area contributed by atoms with Crippen LogP contribution in [-0.4, -0.2) is 31.6 Å². The Morgan fingerprint density at radius 1 is 0.783 bits per heavy atom. The molecule has 304 valence electrons. The summed E-state index contributed by atoms with van der Waals surface area (Å²) in [6, 6.07) is 47.4. The molecule has 0 bridgehead atoms. The minimum Gasteiger partial charge on any atom is -0.453 e. The molecule has 0 amide bonds. The number of hydrogen-bond donors (Lipinski definition) is 3. The summed E-state index contributed by atoms with van der Waals surface area (Å²) in [5, 5.41) is 18.0. The van der Waals surface area contributed by atoms with Crippen LogP contribution in [0.15, 0.2) is 158 Å². The molecule has 1 aliphatic heterocycles. The van der Waals surface area contributed by atoms with Crippen molar-refractivity contribution in [2.45, 2.75) is 64.8 Å². The van der Waals surface area contributed by atoms with Crippen LogP contribution < -0.4 is 16.8 Å². The zero-order chi connectivity index (χ0) is 41.9. The van der Waals surface area contributed by atoms with Crippen molar-refractivity contribution >= 4 is 11.8 Å². The van der Waals surface area contributed by atoms with E-state index in [2.05, 4.69) is 53.4 Å². The molecule has 0 radical (unpaired) electrons. The normalized spacial score (nSPS) is 13.1. The van der Waals surface area contributed by atoms with E-state index in [1.807, 2.05) is 109 Å². The molecule has 2 aromatic heterocycles. The number of nitrogens with zero attached hydrogens (tertiary/aromatic N) is 4. The average Bonchev–Trinajstić information content (AvgIpc) is 3.99. The molecule has 3 N–H and O–H groups in total. The smallest absolute Gasteiger partial charge is 0.453 e. The number of imidazole rings is 1. The maximum Gasteiger partial charge on any atom is 0.519 e. The van der Waals surface area contributed by atoms with E-state index in [0.717, 1.165) is 45.4 Å². The minimum atomic E-state index is -1.45. The fourth-order valence-electron chi connectivity index (χ4n) is 7.80. The molecule has 5 aromatic carbocycles. The number of aromatic nitrogens is 2. The summed E-state index contributed by atoms with van der Waals surface area (Å²) in [4.78, 5) is 30.2. The number of hydrazone groups is 1. The SMILES string of the molecule is CCCc1nc(C(C)(C)O)c(C(=O)OCc2oc(=O)oc2C)n1Cc1ccc(-c2ccccc2C2=NNN(C(c3ccccc3)(c3ccccc3)c3ccccc3)N2)cc1. The highest BCUT2D eigenvalue weighted by Crippen LogP contribution is 2.42. The molecule has 12 heteroatoms. The topological polar surface area (TPSA) is 147 Å². The Labute approximate surface area is 347 Å². The summed E-state index contributed by atoms with van der Waals surface area (Å²) in [6.45, 7) is 6.73. The molecule has 1 aliphatic rings. The quantitative estimate of drug-likeness (QED) is 0.0731. The number of ether oxygens (including phenoxy) is 1. The van der Waals surface area contributed by atoms with Crippen LogP contribution >= 0.6 is 0 Å². The average molecular weight is 803 g/mol. The summed E-state index contributed by atoms with van der Waals surface area (Å²) < 4.78 is 17.4. The Morgan fingerprint density at radius 2 is 1.35 bits per heavy atom. The van der Waals surface area contributed by atoms with Crippen LogP contribution in [0.25, 0.3) is 11.1 Å². The van der Waals surface area contributed by atoms with Gasteiger partial charge in [0.05, 0.1) is 0 Å². The molecule has 0 fully saturated rings. The van der Waals surface area contributed by atoms with Gasteiger partial charge >= 0.3 is 11.8 Å². The number of hydrogen-bond acceptors (Lipinski definition) is 11. The molecule has 8 rings (SSSR count). The number of benzene rings is 5. The van der Waals surface area contributed by atoms with Crippen LogP contribution in [0.3, 0.4) is 0 Å². The van der Waals surface area contributed by atoms with E-state index in [1.165, 1.54) is 0 Å². The fraction of sp³-hybridized carbons (Fsp3) is 0.208. The Kier molecular flexibility index (Phi) is 11.1. The third-order valence-corrected chi connectivity index (χ3v) is 10.6. The van der Waals surface area contributed by atoms with E-state index in [0.29, 0.717) is 18.1 Å². The Bertz CT molecular complexity index is 2580. The zero-order valence-corrected chi connectivity index (χ0v) is 33.9. The molecule has 0 spiro atoms. The van der Waals surface area contributed by atoms with Crippen molar-refractivity contribution in [1.82, 2.24) is 25.6 Å². The van der Waals surface area contributed by atoms with Crippen LogP contribution in [0.2, 0.25) is 0 Å². The molecule has 0 saturated heterocycles. The van der Waals surface area contributed by atoms with Gasteiger partial charge in [-0.2, -0.15) is 0 Å².